The molecule has 70 valence electrons. The Kier molecular flexibility index (Phi) is 1.10. The molecule has 0 saturated carbocycles. The molecule has 0 aliphatic rings. The lowest BCUT2D eigenvalue weighted by Gasteiger charge is -2.01. The third kappa shape index (κ3) is 1.82. The minimum Gasteiger partial charge on any atom is -0.256 e. The third-order valence-electron chi connectivity index (χ3n) is 1.92. The van der Waals surface area contributed by atoms with Crippen LogP contribution in [-0.2, 0) is 0 Å². The summed E-state index contributed by atoms with van der Waals surface area (Å²) >= 11 is 0. The maximum Gasteiger partial charge on any atom is 0.0702 e. The monoisotopic (exact) mass is 189 g/mol. The van der Waals surface area contributed by atoms with Crippen molar-refractivity contribution in [2.45, 2.75) is 13.7 Å². The Morgan fingerprint density at radius 2 is 2.00 bits per heavy atom. The molecule has 0 fully saturated rings. The molecule has 1 aromatic carbocycles. The quantitative estimate of drug-likeness (QED) is 0.670. The summed E-state index contributed by atoms with van der Waals surface area (Å²) in [5.74, 6) is 0. The summed E-state index contributed by atoms with van der Waals surface area (Å²) in [5.41, 5.74) is 1.59. The molecular weight excluding hydrogens is 170 g/mol. The van der Waals surface area contributed by atoms with Gasteiger partial charge in [-0.25, -0.2) is 0 Å². The van der Waals surface area contributed by atoms with Gasteiger partial charge >= 0.3 is 0 Å². The van der Waals surface area contributed by atoms with E-state index in [2.05, 4.69) is 4.98 Å². The fraction of sp³-hybridized carbons (Fsp3) is 0.154. The predicted octanol–water partition coefficient (Wildman–Crippen LogP) is 3.37. The second-order valence-corrected chi connectivity index (χ2v) is 3.01. The fourth-order valence-electron chi connectivity index (χ4n) is 1.24. The Morgan fingerprint density at radius 1 is 1.07 bits per heavy atom. The molecule has 0 radical (unpaired) electrons. The maximum absolute atomic E-state index is 7.39. The van der Waals surface area contributed by atoms with Crippen molar-refractivity contribution < 1.29 is 8.22 Å². The first-order chi connectivity index (χ1) is 9.18. The van der Waals surface area contributed by atoms with Gasteiger partial charge in [-0.3, -0.25) is 4.98 Å². The van der Waals surface area contributed by atoms with Crippen molar-refractivity contribution in [3.05, 3.63) is 53.7 Å². The molecule has 14 heavy (non-hydrogen) atoms. The summed E-state index contributed by atoms with van der Waals surface area (Å²) < 4.78 is 44.0. The Labute approximate surface area is 92.9 Å². The van der Waals surface area contributed by atoms with E-state index in [1.807, 2.05) is 0 Å². The highest BCUT2D eigenvalue weighted by Crippen LogP contribution is 2.17. The lowest BCUT2D eigenvalue weighted by molar-refractivity contribution is 1.27. The molecule has 0 aliphatic carbocycles. The lowest BCUT2D eigenvalue weighted by atomic mass is 10.1. The van der Waals surface area contributed by atoms with Gasteiger partial charge in [0.25, 0.3) is 0 Å². The number of benzene rings is 1. The van der Waals surface area contributed by atoms with Crippen LogP contribution in [0, 0.1) is 13.7 Å². The van der Waals surface area contributed by atoms with Crippen LogP contribution >= 0.6 is 0 Å². The van der Waals surface area contributed by atoms with Crippen molar-refractivity contribution in [2.75, 3.05) is 0 Å². The molecule has 1 heteroatoms. The largest absolute Gasteiger partial charge is 0.256 e. The molecule has 1 aromatic heterocycles. The molecule has 0 aliphatic heterocycles. The first-order valence-electron chi connectivity index (χ1n) is 7.25. The van der Waals surface area contributed by atoms with Crippen LogP contribution in [0.1, 0.15) is 19.4 Å². The molecule has 0 amide bonds. The highest BCUT2D eigenvalue weighted by Gasteiger charge is 1.97. The third-order valence-corrected chi connectivity index (χ3v) is 1.92. The van der Waals surface area contributed by atoms with E-state index >= 15 is 0 Å². The second kappa shape index (κ2) is 3.62. The number of hydrogen-bond donors (Lipinski definition) is 0. The number of aryl methyl sites for hydroxylation is 2. The first kappa shape index (κ1) is 4.26. The Hall–Kier alpha value is -1.63. The van der Waals surface area contributed by atoms with Crippen LogP contribution in [0.5, 0.6) is 0 Å². The molecule has 2 aromatic rings. The summed E-state index contributed by atoms with van der Waals surface area (Å²) in [7, 11) is 0. The van der Waals surface area contributed by atoms with Gasteiger partial charge in [-0.05, 0) is 31.4 Å². The smallest absolute Gasteiger partial charge is 0.0702 e. The van der Waals surface area contributed by atoms with Crippen LogP contribution in [0.2, 0.25) is 0 Å². The Balaban J connectivity index is 2.38. The molecule has 2 rings (SSSR count). The topological polar surface area (TPSA) is 12.9 Å². The van der Waals surface area contributed by atoms with E-state index in [-0.39, 0.29) is 11.1 Å². The van der Waals surface area contributed by atoms with Gasteiger partial charge in [-0.1, -0.05) is 29.8 Å². The van der Waals surface area contributed by atoms with Crippen LogP contribution in [0.15, 0.2) is 42.6 Å². The maximum atomic E-state index is 7.39. The first-order valence-corrected chi connectivity index (χ1v) is 4.25. The molecular formula is C13H13N. The predicted molar refractivity (Wildman–Crippen MR) is 59.1 cm³/mol. The summed E-state index contributed by atoms with van der Waals surface area (Å²) in [6, 6.07) is 9.54. The van der Waals surface area contributed by atoms with Gasteiger partial charge in [0.1, 0.15) is 0 Å². The average Bonchev–Trinajstić information content (AvgIpc) is 2.37. The SMILES string of the molecule is [2H]C([2H])([2H])c1ccc(-c2cccc(C([2H])([2H])[2H])c2)nc1. The molecule has 1 heterocycles. The number of aromatic nitrogens is 1. The van der Waals surface area contributed by atoms with E-state index in [0.717, 1.165) is 0 Å². The van der Waals surface area contributed by atoms with Crippen LogP contribution in [0.4, 0.5) is 0 Å². The van der Waals surface area contributed by atoms with Gasteiger partial charge in [0, 0.05) is 20.0 Å². The van der Waals surface area contributed by atoms with Gasteiger partial charge in [0.2, 0.25) is 0 Å². The highest BCUT2D eigenvalue weighted by atomic mass is 14.7. The normalized spacial score (nSPS) is 18.3. The lowest BCUT2D eigenvalue weighted by Crippen LogP contribution is -1.84. The summed E-state index contributed by atoms with van der Waals surface area (Å²) in [6.45, 7) is -4.36. The number of hydrogen-bond acceptors (Lipinski definition) is 1. The molecule has 0 N–H and O–H groups in total. The number of rotatable bonds is 1. The van der Waals surface area contributed by atoms with E-state index in [4.69, 9.17) is 8.22 Å². The summed E-state index contributed by atoms with van der Waals surface area (Å²) in [5, 5.41) is 0. The van der Waals surface area contributed by atoms with E-state index in [1.54, 1.807) is 24.3 Å². The van der Waals surface area contributed by atoms with Gasteiger partial charge in [0.05, 0.1) is 5.69 Å². The summed E-state index contributed by atoms with van der Waals surface area (Å²) in [4.78, 5) is 4.09. The van der Waals surface area contributed by atoms with Gasteiger partial charge in [-0.2, -0.15) is 0 Å². The molecule has 0 saturated heterocycles. The van der Waals surface area contributed by atoms with Crippen molar-refractivity contribution in [1.29, 1.82) is 0 Å². The van der Waals surface area contributed by atoms with Crippen molar-refractivity contribution in [1.82, 2.24) is 4.98 Å². The van der Waals surface area contributed by atoms with E-state index in [0.29, 0.717) is 11.3 Å². The molecule has 0 atom stereocenters. The Morgan fingerprint density at radius 3 is 2.71 bits per heavy atom. The van der Waals surface area contributed by atoms with Crippen LogP contribution in [0.25, 0.3) is 11.3 Å². The zero-order valence-corrected chi connectivity index (χ0v) is 7.49. The van der Waals surface area contributed by atoms with Crippen molar-refractivity contribution in [3.8, 4) is 11.3 Å². The minimum absolute atomic E-state index is 0.160. The van der Waals surface area contributed by atoms with Crippen molar-refractivity contribution in [3.63, 3.8) is 0 Å². The second-order valence-electron chi connectivity index (χ2n) is 3.01. The van der Waals surface area contributed by atoms with Crippen molar-refractivity contribution >= 4 is 0 Å². The molecule has 0 spiro atoms. The molecule has 1 nitrogen and oxygen atoms in total. The van der Waals surface area contributed by atoms with Gasteiger partial charge in [0.15, 0.2) is 0 Å². The van der Waals surface area contributed by atoms with Gasteiger partial charge in [-0.15, -0.1) is 0 Å². The van der Waals surface area contributed by atoms with Crippen LogP contribution in [0.3, 0.4) is 0 Å². The van der Waals surface area contributed by atoms with Crippen LogP contribution < -0.4 is 0 Å². The fourth-order valence-corrected chi connectivity index (χ4v) is 1.24. The summed E-state index contributed by atoms with van der Waals surface area (Å²) in [6.07, 6.45) is 1.30. The number of nitrogens with zero attached hydrogens (tertiary/aromatic N) is 1. The molecule has 0 unspecified atom stereocenters. The number of pyridine rings is 1. The van der Waals surface area contributed by atoms with E-state index in [9.17, 15) is 0 Å². The minimum atomic E-state index is -2.19. The highest BCUT2D eigenvalue weighted by molar-refractivity contribution is 5.59. The molecule has 0 bridgehead atoms. The van der Waals surface area contributed by atoms with Crippen molar-refractivity contribution in [2.24, 2.45) is 0 Å². The average molecular weight is 189 g/mol. The zero-order valence-electron chi connectivity index (χ0n) is 13.5. The Bertz CT molecular complexity index is 597. The van der Waals surface area contributed by atoms with Gasteiger partial charge < -0.3 is 0 Å². The van der Waals surface area contributed by atoms with Crippen LogP contribution in [-0.4, -0.2) is 4.98 Å². The zero-order chi connectivity index (χ0) is 15.0. The van der Waals surface area contributed by atoms with E-state index in [1.165, 1.54) is 18.3 Å². The standard InChI is InChI=1S/C13H13N/c1-10-4-3-5-12(8-10)13-7-6-11(2)9-14-13/h3-9H,1-2H3/i1D3,2D3. The van der Waals surface area contributed by atoms with E-state index < -0.39 is 13.7 Å².